The fourth-order valence-electron chi connectivity index (χ4n) is 2.64. The van der Waals surface area contributed by atoms with Crippen molar-refractivity contribution in [1.82, 2.24) is 0 Å². The zero-order valence-corrected chi connectivity index (χ0v) is 13.6. The highest BCUT2D eigenvalue weighted by Gasteiger charge is 2.43. The lowest BCUT2D eigenvalue weighted by Crippen LogP contribution is -2.59. The van der Waals surface area contributed by atoms with E-state index in [4.69, 9.17) is 14.6 Å². The van der Waals surface area contributed by atoms with Gasteiger partial charge in [-0.25, -0.2) is 0 Å². The maximum atomic E-state index is 9.80. The van der Waals surface area contributed by atoms with Crippen LogP contribution in [0.25, 0.3) is 0 Å². The Morgan fingerprint density at radius 3 is 2.00 bits per heavy atom. The van der Waals surface area contributed by atoms with Gasteiger partial charge in [0.1, 0.15) is 24.4 Å². The SMILES string of the molecule is CCCCCCCCCCO[C@H]1O[C@H](CO)[C@H](O)[C@H](O)[C@@H]1O. The van der Waals surface area contributed by atoms with Gasteiger partial charge in [-0.2, -0.15) is 0 Å². The largest absolute Gasteiger partial charge is 0.394 e. The van der Waals surface area contributed by atoms with Crippen molar-refractivity contribution in [3.8, 4) is 0 Å². The number of aliphatic hydroxyl groups is 4. The van der Waals surface area contributed by atoms with Crippen LogP contribution in [-0.2, 0) is 9.47 Å². The maximum absolute atomic E-state index is 9.80. The fraction of sp³-hybridized carbons (Fsp3) is 1.00. The van der Waals surface area contributed by atoms with Crippen LogP contribution >= 0.6 is 0 Å². The molecule has 6 nitrogen and oxygen atoms in total. The molecule has 0 aromatic carbocycles. The summed E-state index contributed by atoms with van der Waals surface area (Å²) in [5.41, 5.74) is 0. The Kier molecular flexibility index (Phi) is 10.2. The minimum absolute atomic E-state index is 0.428. The lowest BCUT2D eigenvalue weighted by molar-refractivity contribution is -0.301. The van der Waals surface area contributed by atoms with E-state index in [1.165, 1.54) is 38.5 Å². The molecule has 1 aliphatic heterocycles. The lowest BCUT2D eigenvalue weighted by atomic mass is 9.99. The molecule has 0 unspecified atom stereocenters. The van der Waals surface area contributed by atoms with Gasteiger partial charge in [0.15, 0.2) is 6.29 Å². The summed E-state index contributed by atoms with van der Waals surface area (Å²) < 4.78 is 10.7. The summed E-state index contributed by atoms with van der Waals surface area (Å²) in [6, 6.07) is 0. The number of aliphatic hydroxyl groups excluding tert-OH is 4. The molecule has 0 aromatic heterocycles. The number of ether oxygens (including phenoxy) is 2. The smallest absolute Gasteiger partial charge is 0.186 e. The molecule has 1 saturated heterocycles. The molecule has 4 N–H and O–H groups in total. The van der Waals surface area contributed by atoms with E-state index < -0.39 is 37.3 Å². The quantitative estimate of drug-likeness (QED) is 0.423. The van der Waals surface area contributed by atoms with Crippen LogP contribution in [0.5, 0.6) is 0 Å². The normalized spacial score (nSPS) is 32.3. The van der Waals surface area contributed by atoms with E-state index in [1.807, 2.05) is 0 Å². The van der Waals surface area contributed by atoms with Crippen molar-refractivity contribution in [1.29, 1.82) is 0 Å². The van der Waals surface area contributed by atoms with Crippen molar-refractivity contribution in [2.75, 3.05) is 13.2 Å². The van der Waals surface area contributed by atoms with Gasteiger partial charge in [-0.05, 0) is 6.42 Å². The molecule has 1 fully saturated rings. The van der Waals surface area contributed by atoms with Crippen LogP contribution in [0.15, 0.2) is 0 Å². The average molecular weight is 320 g/mol. The summed E-state index contributed by atoms with van der Waals surface area (Å²) in [5.74, 6) is 0. The van der Waals surface area contributed by atoms with E-state index in [0.29, 0.717) is 6.61 Å². The first-order valence-electron chi connectivity index (χ1n) is 8.54. The van der Waals surface area contributed by atoms with Gasteiger partial charge < -0.3 is 29.9 Å². The summed E-state index contributed by atoms with van der Waals surface area (Å²) in [5, 5.41) is 38.2. The summed E-state index contributed by atoms with van der Waals surface area (Å²) in [6.07, 6.45) is 3.58. The molecule has 22 heavy (non-hydrogen) atoms. The Labute approximate surface area is 133 Å². The molecule has 6 heteroatoms. The third-order valence-electron chi connectivity index (χ3n) is 4.13. The minimum atomic E-state index is -1.37. The predicted molar refractivity (Wildman–Crippen MR) is 82.3 cm³/mol. The molecule has 0 aliphatic carbocycles. The van der Waals surface area contributed by atoms with Gasteiger partial charge >= 0.3 is 0 Å². The zero-order chi connectivity index (χ0) is 16.4. The molecule has 5 atom stereocenters. The van der Waals surface area contributed by atoms with Gasteiger partial charge in [0.05, 0.1) is 6.61 Å². The van der Waals surface area contributed by atoms with Crippen LogP contribution in [0.4, 0.5) is 0 Å². The Bertz CT molecular complexity index is 273. The van der Waals surface area contributed by atoms with Crippen LogP contribution in [-0.4, -0.2) is 64.3 Å². The number of hydrogen-bond donors (Lipinski definition) is 4. The standard InChI is InChI=1S/C16H32O6/c1-2-3-4-5-6-7-8-9-10-21-16-15(20)14(19)13(18)12(11-17)22-16/h12-20H,2-11H2,1H3/t12-,13+,14+,15+,16+/m1/s1. The Morgan fingerprint density at radius 2 is 1.41 bits per heavy atom. The van der Waals surface area contributed by atoms with Gasteiger partial charge in [0, 0.05) is 6.61 Å². The van der Waals surface area contributed by atoms with E-state index in [9.17, 15) is 15.3 Å². The van der Waals surface area contributed by atoms with E-state index >= 15 is 0 Å². The number of rotatable bonds is 11. The van der Waals surface area contributed by atoms with Gasteiger partial charge in [-0.1, -0.05) is 51.9 Å². The van der Waals surface area contributed by atoms with Crippen molar-refractivity contribution in [2.45, 2.75) is 89.0 Å². The minimum Gasteiger partial charge on any atom is -0.394 e. The first kappa shape index (κ1) is 19.8. The Balaban J connectivity index is 2.11. The molecule has 0 radical (unpaired) electrons. The average Bonchev–Trinajstić information content (AvgIpc) is 2.53. The van der Waals surface area contributed by atoms with E-state index in [2.05, 4.69) is 6.92 Å². The molecule has 0 aromatic rings. The second-order valence-electron chi connectivity index (χ2n) is 6.04. The van der Waals surface area contributed by atoms with Crippen molar-refractivity contribution < 1.29 is 29.9 Å². The van der Waals surface area contributed by atoms with Crippen molar-refractivity contribution in [3.63, 3.8) is 0 Å². The van der Waals surface area contributed by atoms with Crippen LogP contribution in [0, 0.1) is 0 Å². The first-order chi connectivity index (χ1) is 10.6. The summed E-state index contributed by atoms with van der Waals surface area (Å²) in [7, 11) is 0. The molecule has 0 amide bonds. The third-order valence-corrected chi connectivity index (χ3v) is 4.13. The van der Waals surface area contributed by atoms with Crippen molar-refractivity contribution in [3.05, 3.63) is 0 Å². The summed E-state index contributed by atoms with van der Waals surface area (Å²) in [6.45, 7) is 2.20. The van der Waals surface area contributed by atoms with Crippen molar-refractivity contribution >= 4 is 0 Å². The van der Waals surface area contributed by atoms with E-state index in [-0.39, 0.29) is 0 Å². The molecule has 1 rings (SSSR count). The number of unbranched alkanes of at least 4 members (excludes halogenated alkanes) is 7. The molecular weight excluding hydrogens is 288 g/mol. The van der Waals surface area contributed by atoms with Gasteiger partial charge in [-0.15, -0.1) is 0 Å². The molecule has 132 valence electrons. The van der Waals surface area contributed by atoms with Crippen LogP contribution in [0.2, 0.25) is 0 Å². The molecule has 1 aliphatic rings. The molecular formula is C16H32O6. The second kappa shape index (κ2) is 11.3. The highest BCUT2D eigenvalue weighted by Crippen LogP contribution is 2.22. The summed E-state index contributed by atoms with van der Waals surface area (Å²) in [4.78, 5) is 0. The fourth-order valence-corrected chi connectivity index (χ4v) is 2.64. The van der Waals surface area contributed by atoms with E-state index in [1.54, 1.807) is 0 Å². The highest BCUT2D eigenvalue weighted by molar-refractivity contribution is 4.88. The monoisotopic (exact) mass is 320 g/mol. The predicted octanol–water partition coefficient (Wildman–Crippen LogP) is 0.944. The molecule has 0 spiro atoms. The van der Waals surface area contributed by atoms with Crippen LogP contribution < -0.4 is 0 Å². The first-order valence-corrected chi connectivity index (χ1v) is 8.54. The van der Waals surface area contributed by atoms with Crippen LogP contribution in [0.1, 0.15) is 58.3 Å². The van der Waals surface area contributed by atoms with Gasteiger partial charge in [0.25, 0.3) is 0 Å². The van der Waals surface area contributed by atoms with E-state index in [0.717, 1.165) is 12.8 Å². The Morgan fingerprint density at radius 1 is 0.818 bits per heavy atom. The summed E-state index contributed by atoms with van der Waals surface area (Å²) >= 11 is 0. The molecule has 0 bridgehead atoms. The van der Waals surface area contributed by atoms with Crippen LogP contribution in [0.3, 0.4) is 0 Å². The van der Waals surface area contributed by atoms with Gasteiger partial charge in [0.2, 0.25) is 0 Å². The molecule has 1 heterocycles. The maximum Gasteiger partial charge on any atom is 0.186 e. The second-order valence-corrected chi connectivity index (χ2v) is 6.04. The van der Waals surface area contributed by atoms with Gasteiger partial charge in [-0.3, -0.25) is 0 Å². The third kappa shape index (κ3) is 6.48. The lowest BCUT2D eigenvalue weighted by Gasteiger charge is -2.39. The highest BCUT2D eigenvalue weighted by atomic mass is 16.7. The zero-order valence-electron chi connectivity index (χ0n) is 13.6. The van der Waals surface area contributed by atoms with Crippen molar-refractivity contribution in [2.24, 2.45) is 0 Å². The molecule has 0 saturated carbocycles. The Hall–Kier alpha value is -0.240. The topological polar surface area (TPSA) is 99.4 Å². The number of hydrogen-bond acceptors (Lipinski definition) is 6.